The number of rotatable bonds is 7. The lowest BCUT2D eigenvalue weighted by Crippen LogP contribution is -2.28. The highest BCUT2D eigenvalue weighted by Crippen LogP contribution is 2.18. The first-order valence-corrected chi connectivity index (χ1v) is 8.57. The third-order valence-corrected chi connectivity index (χ3v) is 4.13. The minimum absolute atomic E-state index is 0.00707. The largest absolute Gasteiger partial charge is 0.492 e. The molecule has 4 nitrogen and oxygen atoms in total. The van der Waals surface area contributed by atoms with Crippen LogP contribution in [-0.2, 0) is 11.2 Å². The number of pyridine rings is 1. The van der Waals surface area contributed by atoms with Gasteiger partial charge >= 0.3 is 0 Å². The molecule has 0 radical (unpaired) electrons. The summed E-state index contributed by atoms with van der Waals surface area (Å²) >= 11 is 5.82. The minimum atomic E-state index is 0.00707. The van der Waals surface area contributed by atoms with Crippen LogP contribution in [0.1, 0.15) is 12.0 Å². The fraction of sp³-hybridized carbons (Fsp3) is 0.200. The molecule has 0 atom stereocenters. The van der Waals surface area contributed by atoms with Crippen LogP contribution in [0.5, 0.6) is 5.75 Å². The second-order valence-electron chi connectivity index (χ2n) is 5.67. The van der Waals surface area contributed by atoms with Gasteiger partial charge in [0, 0.05) is 29.2 Å². The Morgan fingerprint density at radius 2 is 1.88 bits per heavy atom. The Labute approximate surface area is 151 Å². The number of halogens is 1. The molecule has 0 unspecified atom stereocenters. The quantitative estimate of drug-likeness (QED) is 0.652. The van der Waals surface area contributed by atoms with Crippen molar-refractivity contribution >= 4 is 28.3 Å². The summed E-state index contributed by atoms with van der Waals surface area (Å²) in [6, 6.07) is 15.2. The minimum Gasteiger partial charge on any atom is -0.492 e. The number of carbonyl (C=O) groups is 1. The van der Waals surface area contributed by atoms with Crippen molar-refractivity contribution in [3.05, 3.63) is 71.5 Å². The number of nitrogens with one attached hydrogen (secondary N) is 1. The van der Waals surface area contributed by atoms with Crippen molar-refractivity contribution in [3.63, 3.8) is 0 Å². The van der Waals surface area contributed by atoms with E-state index in [1.54, 1.807) is 24.3 Å². The third-order valence-electron chi connectivity index (χ3n) is 3.88. The lowest BCUT2D eigenvalue weighted by molar-refractivity contribution is -0.121. The Morgan fingerprint density at radius 3 is 2.72 bits per heavy atom. The molecule has 1 heterocycles. The number of nitrogens with zero attached hydrogens (tertiary/aromatic N) is 1. The summed E-state index contributed by atoms with van der Waals surface area (Å²) < 4.78 is 5.55. The Balaban J connectivity index is 1.42. The maximum absolute atomic E-state index is 12.0. The van der Waals surface area contributed by atoms with Gasteiger partial charge in [-0.05, 0) is 41.6 Å². The zero-order valence-corrected chi connectivity index (χ0v) is 14.5. The smallest absolute Gasteiger partial charge is 0.220 e. The molecule has 1 N–H and O–H groups in total. The topological polar surface area (TPSA) is 51.2 Å². The van der Waals surface area contributed by atoms with E-state index >= 15 is 0 Å². The second kappa shape index (κ2) is 8.49. The molecule has 128 valence electrons. The molecule has 0 aliphatic carbocycles. The summed E-state index contributed by atoms with van der Waals surface area (Å²) in [5, 5.41) is 5.79. The van der Waals surface area contributed by atoms with Crippen LogP contribution in [0.15, 0.2) is 60.9 Å². The molecule has 2 aromatic carbocycles. The number of fused-ring (bicyclic) bond motifs is 1. The fourth-order valence-corrected chi connectivity index (χ4v) is 2.73. The lowest BCUT2D eigenvalue weighted by atomic mass is 10.0. The average molecular weight is 355 g/mol. The predicted molar refractivity (Wildman–Crippen MR) is 100 cm³/mol. The van der Waals surface area contributed by atoms with Gasteiger partial charge in [0.15, 0.2) is 0 Å². The van der Waals surface area contributed by atoms with Crippen LogP contribution >= 0.6 is 11.6 Å². The van der Waals surface area contributed by atoms with Crippen molar-refractivity contribution in [3.8, 4) is 5.75 Å². The van der Waals surface area contributed by atoms with Crippen LogP contribution in [0.25, 0.3) is 10.8 Å². The fourth-order valence-electron chi connectivity index (χ4n) is 2.61. The van der Waals surface area contributed by atoms with Gasteiger partial charge < -0.3 is 10.1 Å². The van der Waals surface area contributed by atoms with Crippen LogP contribution in [0.4, 0.5) is 0 Å². The van der Waals surface area contributed by atoms with E-state index in [0.29, 0.717) is 31.0 Å². The third kappa shape index (κ3) is 4.94. The van der Waals surface area contributed by atoms with Crippen LogP contribution in [0.3, 0.4) is 0 Å². The van der Waals surface area contributed by atoms with Crippen LogP contribution in [0.2, 0.25) is 5.02 Å². The maximum Gasteiger partial charge on any atom is 0.220 e. The normalized spacial score (nSPS) is 10.6. The zero-order valence-electron chi connectivity index (χ0n) is 13.7. The molecule has 0 aliphatic heterocycles. The summed E-state index contributed by atoms with van der Waals surface area (Å²) in [6.45, 7) is 0.887. The van der Waals surface area contributed by atoms with Crippen molar-refractivity contribution in [1.82, 2.24) is 10.3 Å². The number of aromatic nitrogens is 1. The van der Waals surface area contributed by atoms with Crippen molar-refractivity contribution in [2.75, 3.05) is 13.2 Å². The molecule has 5 heteroatoms. The number of carbonyl (C=O) groups excluding carboxylic acids is 1. The molecule has 0 bridgehead atoms. The molecule has 1 aromatic heterocycles. The Bertz CT molecular complexity index is 844. The molecule has 3 aromatic rings. The number of benzene rings is 2. The van der Waals surface area contributed by atoms with Crippen molar-refractivity contribution in [2.24, 2.45) is 0 Å². The first-order valence-electron chi connectivity index (χ1n) is 8.19. The number of hydrogen-bond acceptors (Lipinski definition) is 3. The maximum atomic E-state index is 12.0. The monoisotopic (exact) mass is 354 g/mol. The standard InChI is InChI=1S/C20H19ClN2O2/c21-17-6-8-18(9-7-17)25-12-11-23-20(24)10-5-16-14-22-13-15-3-1-2-4-19(15)16/h1-4,6-9,13-14H,5,10-12H2,(H,23,24). The van der Waals surface area contributed by atoms with Crippen molar-refractivity contribution in [1.29, 1.82) is 0 Å². The highest BCUT2D eigenvalue weighted by molar-refractivity contribution is 6.30. The Hall–Kier alpha value is -2.59. The predicted octanol–water partition coefficient (Wildman–Crippen LogP) is 4.02. The summed E-state index contributed by atoms with van der Waals surface area (Å²) in [5.74, 6) is 0.744. The SMILES string of the molecule is O=C(CCc1cncc2ccccc12)NCCOc1ccc(Cl)cc1. The molecule has 0 aliphatic rings. The molecule has 1 amide bonds. The van der Waals surface area contributed by atoms with E-state index in [2.05, 4.69) is 16.4 Å². The van der Waals surface area contributed by atoms with E-state index in [-0.39, 0.29) is 5.91 Å². The van der Waals surface area contributed by atoms with Gasteiger partial charge in [0.05, 0.1) is 6.54 Å². The first-order chi connectivity index (χ1) is 12.2. The Morgan fingerprint density at radius 1 is 1.08 bits per heavy atom. The van der Waals surface area contributed by atoms with Gasteiger partial charge in [0.1, 0.15) is 12.4 Å². The van der Waals surface area contributed by atoms with E-state index in [1.807, 2.05) is 30.6 Å². The van der Waals surface area contributed by atoms with E-state index in [4.69, 9.17) is 16.3 Å². The van der Waals surface area contributed by atoms with Gasteiger partial charge in [-0.2, -0.15) is 0 Å². The first kappa shape index (κ1) is 17.2. The van der Waals surface area contributed by atoms with Gasteiger partial charge in [-0.15, -0.1) is 0 Å². The van der Waals surface area contributed by atoms with Gasteiger partial charge in [0.2, 0.25) is 5.91 Å². The second-order valence-corrected chi connectivity index (χ2v) is 6.11. The molecular weight excluding hydrogens is 336 g/mol. The molecule has 0 saturated heterocycles. The molecule has 0 fully saturated rings. The van der Waals surface area contributed by atoms with Crippen LogP contribution < -0.4 is 10.1 Å². The highest BCUT2D eigenvalue weighted by atomic mass is 35.5. The van der Waals surface area contributed by atoms with Crippen molar-refractivity contribution in [2.45, 2.75) is 12.8 Å². The van der Waals surface area contributed by atoms with E-state index in [9.17, 15) is 4.79 Å². The lowest BCUT2D eigenvalue weighted by Gasteiger charge is -2.09. The molecule has 0 spiro atoms. The van der Waals surface area contributed by atoms with E-state index in [0.717, 1.165) is 22.1 Å². The highest BCUT2D eigenvalue weighted by Gasteiger charge is 2.05. The molecular formula is C20H19ClN2O2. The van der Waals surface area contributed by atoms with Gasteiger partial charge in [0.25, 0.3) is 0 Å². The number of amides is 1. The Kier molecular flexibility index (Phi) is 5.86. The molecule has 0 saturated carbocycles. The number of ether oxygens (including phenoxy) is 1. The summed E-state index contributed by atoms with van der Waals surface area (Å²) in [4.78, 5) is 16.2. The van der Waals surface area contributed by atoms with Crippen LogP contribution in [-0.4, -0.2) is 24.0 Å². The zero-order chi connectivity index (χ0) is 17.5. The molecule has 25 heavy (non-hydrogen) atoms. The summed E-state index contributed by atoms with van der Waals surface area (Å²) in [5.41, 5.74) is 1.09. The molecule has 3 rings (SSSR count). The van der Waals surface area contributed by atoms with E-state index in [1.165, 1.54) is 0 Å². The van der Waals surface area contributed by atoms with Gasteiger partial charge in [-0.3, -0.25) is 9.78 Å². The van der Waals surface area contributed by atoms with Crippen molar-refractivity contribution < 1.29 is 9.53 Å². The average Bonchev–Trinajstić information content (AvgIpc) is 2.65. The van der Waals surface area contributed by atoms with Crippen LogP contribution in [0, 0.1) is 0 Å². The van der Waals surface area contributed by atoms with Gasteiger partial charge in [-0.25, -0.2) is 0 Å². The number of aryl methyl sites for hydroxylation is 1. The van der Waals surface area contributed by atoms with E-state index < -0.39 is 0 Å². The van der Waals surface area contributed by atoms with Gasteiger partial charge in [-0.1, -0.05) is 35.9 Å². The summed E-state index contributed by atoms with van der Waals surface area (Å²) in [7, 11) is 0. The number of hydrogen-bond donors (Lipinski definition) is 1. The summed E-state index contributed by atoms with van der Waals surface area (Å²) in [6.07, 6.45) is 4.77.